The van der Waals surface area contributed by atoms with Crippen molar-refractivity contribution in [1.29, 1.82) is 5.26 Å². The summed E-state index contributed by atoms with van der Waals surface area (Å²) in [4.78, 5) is 10.3. The molecular formula is C22H17ClFN5S. The molecule has 0 aliphatic carbocycles. The maximum atomic E-state index is 14.2. The zero-order valence-electron chi connectivity index (χ0n) is 16.0. The van der Waals surface area contributed by atoms with E-state index in [9.17, 15) is 9.65 Å². The second-order valence-corrected chi connectivity index (χ2v) is 8.04. The number of halogens is 2. The lowest BCUT2D eigenvalue weighted by molar-refractivity contribution is 0.613. The fourth-order valence-electron chi connectivity index (χ4n) is 3.10. The number of fused-ring (bicyclic) bond motifs is 1. The third kappa shape index (κ3) is 4.06. The molecule has 0 aliphatic rings. The summed E-state index contributed by atoms with van der Waals surface area (Å²) in [5, 5.41) is 18.8. The van der Waals surface area contributed by atoms with Gasteiger partial charge in [-0.25, -0.2) is 9.37 Å². The maximum absolute atomic E-state index is 14.2. The number of hydrogen-bond acceptors (Lipinski definition) is 6. The van der Waals surface area contributed by atoms with Gasteiger partial charge in [0.2, 0.25) is 5.95 Å². The van der Waals surface area contributed by atoms with E-state index in [1.165, 1.54) is 6.07 Å². The van der Waals surface area contributed by atoms with Gasteiger partial charge in [0, 0.05) is 22.4 Å². The summed E-state index contributed by atoms with van der Waals surface area (Å²) < 4.78 is 14.2. The highest BCUT2D eigenvalue weighted by molar-refractivity contribution is 7.10. The van der Waals surface area contributed by atoms with Crippen molar-refractivity contribution in [2.24, 2.45) is 0 Å². The predicted octanol–water partition coefficient (Wildman–Crippen LogP) is 6.14. The van der Waals surface area contributed by atoms with E-state index in [4.69, 9.17) is 11.6 Å². The van der Waals surface area contributed by atoms with E-state index in [0.717, 1.165) is 10.3 Å². The summed E-state index contributed by atoms with van der Waals surface area (Å²) in [6, 6.07) is 16.5. The van der Waals surface area contributed by atoms with Crippen molar-refractivity contribution in [2.45, 2.75) is 19.5 Å². The Kier molecular flexibility index (Phi) is 5.79. The first-order chi connectivity index (χ1) is 14.6. The van der Waals surface area contributed by atoms with Gasteiger partial charge in [0.25, 0.3) is 0 Å². The highest BCUT2D eigenvalue weighted by Gasteiger charge is 2.15. The van der Waals surface area contributed by atoms with Crippen LogP contribution in [0.5, 0.6) is 0 Å². The Morgan fingerprint density at radius 2 is 2.00 bits per heavy atom. The van der Waals surface area contributed by atoms with E-state index >= 15 is 0 Å². The number of thiophene rings is 1. The molecule has 0 spiro atoms. The number of benzene rings is 2. The monoisotopic (exact) mass is 437 g/mol. The van der Waals surface area contributed by atoms with Crippen LogP contribution in [0.3, 0.4) is 0 Å². The summed E-state index contributed by atoms with van der Waals surface area (Å²) in [6.07, 6.45) is 0. The molecule has 30 heavy (non-hydrogen) atoms. The number of para-hydroxylation sites is 1. The Hall–Kier alpha value is -3.21. The lowest BCUT2D eigenvalue weighted by Crippen LogP contribution is -2.11. The normalized spacial score (nSPS) is 11.8. The van der Waals surface area contributed by atoms with Gasteiger partial charge in [-0.15, -0.1) is 11.3 Å². The molecule has 0 radical (unpaired) electrons. The van der Waals surface area contributed by atoms with Crippen LogP contribution in [0.4, 0.5) is 16.2 Å². The first kappa shape index (κ1) is 20.1. The zero-order chi connectivity index (χ0) is 21.1. The molecule has 0 bridgehead atoms. The molecular weight excluding hydrogens is 421 g/mol. The number of hydrogen-bond donors (Lipinski definition) is 2. The minimum absolute atomic E-state index is 0.0204. The summed E-state index contributed by atoms with van der Waals surface area (Å²) in [7, 11) is 0. The summed E-state index contributed by atoms with van der Waals surface area (Å²) in [5.74, 6) is 0.423. The van der Waals surface area contributed by atoms with Crippen molar-refractivity contribution in [2.75, 3.05) is 10.6 Å². The van der Waals surface area contributed by atoms with Gasteiger partial charge in [-0.1, -0.05) is 35.9 Å². The molecule has 2 N–H and O–H groups in total. The third-order valence-electron chi connectivity index (χ3n) is 4.64. The lowest BCUT2D eigenvalue weighted by Gasteiger charge is -2.16. The van der Waals surface area contributed by atoms with Crippen LogP contribution in [0, 0.1) is 17.1 Å². The quantitative estimate of drug-likeness (QED) is 0.379. The first-order valence-corrected chi connectivity index (χ1v) is 10.5. The van der Waals surface area contributed by atoms with Crippen molar-refractivity contribution in [3.05, 3.63) is 80.8 Å². The molecule has 8 heteroatoms. The summed E-state index contributed by atoms with van der Waals surface area (Å²) in [6.45, 7) is 2.20. The molecule has 2 heterocycles. The van der Waals surface area contributed by atoms with Gasteiger partial charge in [0.1, 0.15) is 17.7 Å². The van der Waals surface area contributed by atoms with Gasteiger partial charge in [0.15, 0.2) is 0 Å². The molecule has 0 saturated carbocycles. The molecule has 0 saturated heterocycles. The highest BCUT2D eigenvalue weighted by atomic mass is 35.5. The topological polar surface area (TPSA) is 73.6 Å². The predicted molar refractivity (Wildman–Crippen MR) is 119 cm³/mol. The van der Waals surface area contributed by atoms with Crippen LogP contribution < -0.4 is 10.6 Å². The van der Waals surface area contributed by atoms with Crippen LogP contribution in [-0.2, 0) is 6.54 Å². The van der Waals surface area contributed by atoms with Crippen LogP contribution in [0.1, 0.15) is 29.0 Å². The number of nitrogens with zero attached hydrogens (tertiary/aromatic N) is 3. The van der Waals surface area contributed by atoms with Crippen molar-refractivity contribution in [3.8, 4) is 6.07 Å². The van der Waals surface area contributed by atoms with Crippen LogP contribution >= 0.6 is 22.9 Å². The molecule has 5 nitrogen and oxygen atoms in total. The number of nitriles is 1. The van der Waals surface area contributed by atoms with Gasteiger partial charge in [-0.05, 0) is 36.6 Å². The largest absolute Gasteiger partial charge is 0.362 e. The minimum Gasteiger partial charge on any atom is -0.362 e. The zero-order valence-corrected chi connectivity index (χ0v) is 17.6. The number of anilines is 2. The molecule has 150 valence electrons. The van der Waals surface area contributed by atoms with E-state index in [-0.39, 0.29) is 17.6 Å². The van der Waals surface area contributed by atoms with Gasteiger partial charge in [0.05, 0.1) is 22.1 Å². The standard InChI is InChI=1S/C22H17ClFN5S/c1-13(18-9-4-10-30-18)27-21-16-7-2-5-14(11-25)20(16)28-22(29-21)26-12-15-6-3-8-17(23)19(15)24/h2-10,13H,12H2,1H3,(H2,26,27,28,29). The van der Waals surface area contributed by atoms with Crippen LogP contribution in [0.15, 0.2) is 53.9 Å². The molecule has 2 aromatic heterocycles. The second-order valence-electron chi connectivity index (χ2n) is 6.66. The molecule has 0 amide bonds. The summed E-state index contributed by atoms with van der Waals surface area (Å²) in [5.41, 5.74) is 1.38. The van der Waals surface area contributed by atoms with E-state index in [0.29, 0.717) is 28.4 Å². The Morgan fingerprint density at radius 3 is 2.77 bits per heavy atom. The maximum Gasteiger partial charge on any atom is 0.225 e. The van der Waals surface area contributed by atoms with Gasteiger partial charge in [-0.2, -0.15) is 10.2 Å². The van der Waals surface area contributed by atoms with Crippen molar-refractivity contribution < 1.29 is 4.39 Å². The number of aromatic nitrogens is 2. The third-order valence-corrected chi connectivity index (χ3v) is 5.99. The molecule has 1 unspecified atom stereocenters. The van der Waals surface area contributed by atoms with Gasteiger partial charge >= 0.3 is 0 Å². The fourth-order valence-corrected chi connectivity index (χ4v) is 4.03. The molecule has 2 aromatic carbocycles. The first-order valence-electron chi connectivity index (χ1n) is 9.24. The molecule has 4 aromatic rings. The number of rotatable bonds is 6. The van der Waals surface area contributed by atoms with Crippen LogP contribution in [-0.4, -0.2) is 9.97 Å². The van der Waals surface area contributed by atoms with Crippen molar-refractivity contribution in [1.82, 2.24) is 9.97 Å². The van der Waals surface area contributed by atoms with E-state index < -0.39 is 5.82 Å². The Bertz CT molecular complexity index is 1240. The Morgan fingerprint density at radius 1 is 1.17 bits per heavy atom. The SMILES string of the molecule is CC(Nc1nc(NCc2cccc(Cl)c2F)nc2c(C#N)cccc12)c1cccs1. The van der Waals surface area contributed by atoms with Crippen molar-refractivity contribution in [3.63, 3.8) is 0 Å². The minimum atomic E-state index is -0.477. The molecule has 0 fully saturated rings. The van der Waals surface area contributed by atoms with E-state index in [1.54, 1.807) is 35.6 Å². The highest BCUT2D eigenvalue weighted by Crippen LogP contribution is 2.29. The Labute approximate surface area is 182 Å². The van der Waals surface area contributed by atoms with Gasteiger partial charge < -0.3 is 10.6 Å². The fraction of sp³-hybridized carbons (Fsp3) is 0.136. The second kappa shape index (κ2) is 8.66. The average Bonchev–Trinajstić information content (AvgIpc) is 3.29. The number of nitrogens with one attached hydrogen (secondary N) is 2. The van der Waals surface area contributed by atoms with Gasteiger partial charge in [-0.3, -0.25) is 0 Å². The molecule has 4 rings (SSSR count). The van der Waals surface area contributed by atoms with Crippen LogP contribution in [0.2, 0.25) is 5.02 Å². The van der Waals surface area contributed by atoms with Crippen LogP contribution in [0.25, 0.3) is 10.9 Å². The lowest BCUT2D eigenvalue weighted by atomic mass is 10.1. The summed E-state index contributed by atoms with van der Waals surface area (Å²) >= 11 is 7.52. The van der Waals surface area contributed by atoms with E-state index in [1.807, 2.05) is 30.5 Å². The van der Waals surface area contributed by atoms with E-state index in [2.05, 4.69) is 26.7 Å². The molecule has 1 atom stereocenters. The average molecular weight is 438 g/mol. The smallest absolute Gasteiger partial charge is 0.225 e. The van der Waals surface area contributed by atoms with Crippen molar-refractivity contribution >= 4 is 45.6 Å². The molecule has 0 aliphatic heterocycles. The Balaban J connectivity index is 1.71.